The lowest BCUT2D eigenvalue weighted by molar-refractivity contribution is 0.101. The molecule has 3 rings (SSSR count). The van der Waals surface area contributed by atoms with Gasteiger partial charge in [0.2, 0.25) is 5.95 Å². The molecule has 0 aliphatic heterocycles. The zero-order valence-corrected chi connectivity index (χ0v) is 16.0. The molecule has 0 fully saturated rings. The number of amides is 2. The number of nitrogens with one attached hydrogen (secondary N) is 2. The molecule has 0 aliphatic rings. The van der Waals surface area contributed by atoms with Gasteiger partial charge in [0.05, 0.1) is 13.7 Å². The first-order valence-corrected chi connectivity index (χ1v) is 8.80. The van der Waals surface area contributed by atoms with Crippen molar-refractivity contribution >= 4 is 23.6 Å². The molecule has 0 atom stereocenters. The van der Waals surface area contributed by atoms with Crippen LogP contribution in [0.25, 0.3) is 0 Å². The number of carbonyl (C=O) groups excluding carboxylic acids is 2. The zero-order chi connectivity index (χ0) is 20.8. The summed E-state index contributed by atoms with van der Waals surface area (Å²) in [6, 6.07) is 14.8. The molecule has 29 heavy (non-hydrogen) atoms. The van der Waals surface area contributed by atoms with Crippen LogP contribution in [-0.2, 0) is 6.61 Å². The fourth-order valence-electron chi connectivity index (χ4n) is 2.55. The molecule has 0 unspecified atom stereocenters. The summed E-state index contributed by atoms with van der Waals surface area (Å²) < 4.78 is 5.08. The molecule has 8 nitrogen and oxygen atoms in total. The normalized spacial score (nSPS) is 10.3. The minimum absolute atomic E-state index is 0.0803. The molecular weight excluding hydrogens is 372 g/mol. The molecule has 148 valence electrons. The van der Waals surface area contributed by atoms with Crippen molar-refractivity contribution in [3.63, 3.8) is 0 Å². The van der Waals surface area contributed by atoms with Gasteiger partial charge in [-0.15, -0.1) is 0 Å². The highest BCUT2D eigenvalue weighted by molar-refractivity contribution is 6.05. The number of rotatable bonds is 6. The molecule has 0 saturated heterocycles. The van der Waals surface area contributed by atoms with Gasteiger partial charge in [-0.1, -0.05) is 12.1 Å². The largest absolute Gasteiger partial charge is 0.497 e. The maximum absolute atomic E-state index is 12.4. The second-order valence-electron chi connectivity index (χ2n) is 6.21. The minimum Gasteiger partial charge on any atom is -0.497 e. The molecule has 0 saturated carbocycles. The van der Waals surface area contributed by atoms with Gasteiger partial charge in [-0.25, -0.2) is 4.98 Å². The highest BCUT2D eigenvalue weighted by atomic mass is 16.5. The molecule has 0 aliphatic carbocycles. The van der Waals surface area contributed by atoms with E-state index in [0.29, 0.717) is 28.1 Å². The Morgan fingerprint density at radius 1 is 0.931 bits per heavy atom. The summed E-state index contributed by atoms with van der Waals surface area (Å²) >= 11 is 0. The lowest BCUT2D eigenvalue weighted by Crippen LogP contribution is -2.17. The van der Waals surface area contributed by atoms with Gasteiger partial charge in [0.15, 0.2) is 0 Å². The molecule has 3 N–H and O–H groups in total. The van der Waals surface area contributed by atoms with Crippen molar-refractivity contribution in [2.24, 2.45) is 0 Å². The average molecular weight is 392 g/mol. The van der Waals surface area contributed by atoms with Crippen LogP contribution in [0.5, 0.6) is 5.75 Å². The van der Waals surface area contributed by atoms with E-state index >= 15 is 0 Å². The monoisotopic (exact) mass is 392 g/mol. The highest BCUT2D eigenvalue weighted by Crippen LogP contribution is 2.15. The van der Waals surface area contributed by atoms with Crippen LogP contribution in [0.4, 0.5) is 11.8 Å². The maximum Gasteiger partial charge on any atom is 0.258 e. The van der Waals surface area contributed by atoms with E-state index in [9.17, 15) is 9.59 Å². The highest BCUT2D eigenvalue weighted by Gasteiger charge is 2.12. The summed E-state index contributed by atoms with van der Waals surface area (Å²) in [4.78, 5) is 33.2. The SMILES string of the molecule is COc1ccc(C(=O)Nc2nc(C)cc(NC(=O)c3ccc(CO)cc3)n2)cc1. The Balaban J connectivity index is 1.72. The number of ether oxygens (including phenoxy) is 1. The third kappa shape index (κ3) is 5.14. The van der Waals surface area contributed by atoms with Crippen LogP contribution in [0, 0.1) is 6.92 Å². The van der Waals surface area contributed by atoms with Crippen LogP contribution < -0.4 is 15.4 Å². The number of hydrogen-bond acceptors (Lipinski definition) is 6. The van der Waals surface area contributed by atoms with Gasteiger partial charge in [-0.05, 0) is 48.9 Å². The van der Waals surface area contributed by atoms with Gasteiger partial charge < -0.3 is 15.2 Å². The Labute approximate surface area is 167 Å². The quantitative estimate of drug-likeness (QED) is 0.594. The van der Waals surface area contributed by atoms with Crippen molar-refractivity contribution in [3.8, 4) is 5.75 Å². The zero-order valence-electron chi connectivity index (χ0n) is 16.0. The van der Waals surface area contributed by atoms with E-state index in [1.54, 1.807) is 68.6 Å². The van der Waals surface area contributed by atoms with Gasteiger partial charge >= 0.3 is 0 Å². The number of nitrogens with zero attached hydrogens (tertiary/aromatic N) is 2. The summed E-state index contributed by atoms with van der Waals surface area (Å²) in [6.45, 7) is 1.64. The molecule has 8 heteroatoms. The van der Waals surface area contributed by atoms with Crippen molar-refractivity contribution in [3.05, 3.63) is 77.0 Å². The molecular formula is C21H20N4O4. The molecule has 2 aromatic carbocycles. The lowest BCUT2D eigenvalue weighted by Gasteiger charge is -2.09. The number of aryl methyl sites for hydroxylation is 1. The number of anilines is 2. The topological polar surface area (TPSA) is 113 Å². The van der Waals surface area contributed by atoms with E-state index in [1.807, 2.05) is 0 Å². The Hall–Kier alpha value is -3.78. The minimum atomic E-state index is -0.380. The molecule has 0 spiro atoms. The smallest absolute Gasteiger partial charge is 0.258 e. The van der Waals surface area contributed by atoms with E-state index in [-0.39, 0.29) is 30.2 Å². The summed E-state index contributed by atoms with van der Waals surface area (Å²) in [5.41, 5.74) is 2.13. The van der Waals surface area contributed by atoms with E-state index in [4.69, 9.17) is 9.84 Å². The van der Waals surface area contributed by atoms with Gasteiger partial charge in [-0.2, -0.15) is 4.98 Å². The van der Waals surface area contributed by atoms with Crippen LogP contribution >= 0.6 is 0 Å². The Morgan fingerprint density at radius 2 is 1.52 bits per heavy atom. The first kappa shape index (κ1) is 20.0. The second-order valence-corrected chi connectivity index (χ2v) is 6.21. The van der Waals surface area contributed by atoms with Crippen molar-refractivity contribution in [2.45, 2.75) is 13.5 Å². The number of benzene rings is 2. The number of aromatic nitrogens is 2. The predicted molar refractivity (Wildman–Crippen MR) is 108 cm³/mol. The molecule has 1 aromatic heterocycles. The Morgan fingerprint density at radius 3 is 2.10 bits per heavy atom. The first-order chi connectivity index (χ1) is 14.0. The van der Waals surface area contributed by atoms with Crippen molar-refractivity contribution in [1.29, 1.82) is 0 Å². The van der Waals surface area contributed by atoms with Crippen molar-refractivity contribution in [1.82, 2.24) is 9.97 Å². The van der Waals surface area contributed by atoms with E-state index < -0.39 is 0 Å². The van der Waals surface area contributed by atoms with Gasteiger partial charge in [0.25, 0.3) is 11.8 Å². The number of carbonyl (C=O) groups is 2. The van der Waals surface area contributed by atoms with Crippen LogP contribution in [0.1, 0.15) is 32.0 Å². The third-order valence-corrected chi connectivity index (χ3v) is 4.07. The summed E-state index contributed by atoms with van der Waals surface area (Å²) in [6.07, 6.45) is 0. The number of hydrogen-bond donors (Lipinski definition) is 3. The summed E-state index contributed by atoms with van der Waals surface area (Å²) in [7, 11) is 1.55. The molecule has 0 radical (unpaired) electrons. The van der Waals surface area contributed by atoms with E-state index in [1.165, 1.54) is 0 Å². The Bertz CT molecular complexity index is 938. The van der Waals surface area contributed by atoms with Crippen molar-refractivity contribution < 1.29 is 19.4 Å². The van der Waals surface area contributed by atoms with Gasteiger partial charge in [0, 0.05) is 22.9 Å². The summed E-state index contributed by atoms with van der Waals surface area (Å²) in [5.74, 6) is 0.246. The fraction of sp³-hybridized carbons (Fsp3) is 0.143. The third-order valence-electron chi connectivity index (χ3n) is 4.07. The number of aliphatic hydroxyl groups is 1. The van der Waals surface area contributed by atoms with Crippen molar-refractivity contribution in [2.75, 3.05) is 17.7 Å². The van der Waals surface area contributed by atoms with E-state index in [0.717, 1.165) is 0 Å². The first-order valence-electron chi connectivity index (χ1n) is 8.80. The fourth-order valence-corrected chi connectivity index (χ4v) is 2.55. The number of methoxy groups -OCH3 is 1. The molecule has 2 amide bonds. The number of aliphatic hydroxyl groups excluding tert-OH is 1. The van der Waals surface area contributed by atoms with Crippen LogP contribution in [0.2, 0.25) is 0 Å². The predicted octanol–water partition coefficient (Wildman–Crippen LogP) is 2.79. The second kappa shape index (κ2) is 8.94. The molecule has 1 heterocycles. The Kier molecular flexibility index (Phi) is 6.16. The van der Waals surface area contributed by atoms with Crippen LogP contribution in [-0.4, -0.2) is 34.0 Å². The lowest BCUT2D eigenvalue weighted by atomic mass is 10.1. The maximum atomic E-state index is 12.4. The van der Waals surface area contributed by atoms with Gasteiger partial charge in [0.1, 0.15) is 11.6 Å². The standard InChI is InChI=1S/C21H20N4O4/c1-13-11-18(23-19(27)15-5-3-14(12-26)4-6-15)24-21(22-13)25-20(28)16-7-9-17(29-2)10-8-16/h3-11,26H,12H2,1-2H3,(H2,22,23,24,25,27,28). The molecule has 3 aromatic rings. The summed E-state index contributed by atoms with van der Waals surface area (Å²) in [5, 5.41) is 14.4. The van der Waals surface area contributed by atoms with Gasteiger partial charge in [-0.3, -0.25) is 14.9 Å². The average Bonchev–Trinajstić information content (AvgIpc) is 2.73. The van der Waals surface area contributed by atoms with Crippen LogP contribution in [0.3, 0.4) is 0 Å². The molecule has 0 bridgehead atoms. The van der Waals surface area contributed by atoms with E-state index in [2.05, 4.69) is 20.6 Å². The van der Waals surface area contributed by atoms with Crippen LogP contribution in [0.15, 0.2) is 54.6 Å².